The smallest absolute Gasteiger partial charge is 0.246 e. The number of rotatable bonds is 4. The predicted octanol–water partition coefficient (Wildman–Crippen LogP) is 3.10. The van der Waals surface area contributed by atoms with Gasteiger partial charge in [-0.3, -0.25) is 9.78 Å². The minimum Gasteiger partial charge on any atom is -0.496 e. The zero-order valence-corrected chi connectivity index (χ0v) is 17.0. The molecule has 3 rings (SSSR count). The van der Waals surface area contributed by atoms with Crippen LogP contribution in [0.5, 0.6) is 5.75 Å². The first-order valence-electron chi connectivity index (χ1n) is 8.76. The summed E-state index contributed by atoms with van der Waals surface area (Å²) in [5, 5.41) is 0.225. The van der Waals surface area contributed by atoms with Gasteiger partial charge >= 0.3 is 0 Å². The van der Waals surface area contributed by atoms with Crippen LogP contribution in [-0.2, 0) is 11.3 Å². The number of hydrogen-bond donors (Lipinski definition) is 1. The molecule has 0 aromatic carbocycles. The van der Waals surface area contributed by atoms with E-state index in [2.05, 4.69) is 9.97 Å². The van der Waals surface area contributed by atoms with Gasteiger partial charge < -0.3 is 20.3 Å². The van der Waals surface area contributed by atoms with Crippen molar-refractivity contribution in [3.05, 3.63) is 34.2 Å². The molecule has 7 nitrogen and oxygen atoms in total. The molecule has 144 valence electrons. The average molecular weight is 390 g/mol. The van der Waals surface area contributed by atoms with Gasteiger partial charge in [0.05, 0.1) is 31.6 Å². The number of amides is 1. The molecule has 27 heavy (non-hydrogen) atoms. The van der Waals surface area contributed by atoms with Gasteiger partial charge in [0, 0.05) is 29.4 Å². The predicted molar refractivity (Wildman–Crippen MR) is 108 cm³/mol. The summed E-state index contributed by atoms with van der Waals surface area (Å²) in [6.45, 7) is 8.46. The summed E-state index contributed by atoms with van der Waals surface area (Å²) in [5.41, 5.74) is 10.1. The first-order chi connectivity index (χ1) is 12.7. The number of methoxy groups -OCH3 is 1. The molecule has 0 saturated heterocycles. The van der Waals surface area contributed by atoms with E-state index in [1.165, 1.54) is 0 Å². The number of carbonyl (C=O) groups is 1. The summed E-state index contributed by atoms with van der Waals surface area (Å²) in [6.07, 6.45) is 1.78. The summed E-state index contributed by atoms with van der Waals surface area (Å²) in [5.74, 6) is 1.08. The number of aromatic nitrogens is 2. The fraction of sp³-hybridized carbons (Fsp3) is 0.421. The lowest BCUT2D eigenvalue weighted by molar-refractivity contribution is -0.118. The summed E-state index contributed by atoms with van der Waals surface area (Å²) in [4.78, 5) is 25.1. The van der Waals surface area contributed by atoms with E-state index in [-0.39, 0.29) is 23.6 Å². The Morgan fingerprint density at radius 3 is 2.70 bits per heavy atom. The van der Waals surface area contributed by atoms with Crippen LogP contribution >= 0.6 is 11.6 Å². The van der Waals surface area contributed by atoms with Gasteiger partial charge in [0.15, 0.2) is 5.15 Å². The molecule has 0 bridgehead atoms. The zero-order valence-electron chi connectivity index (χ0n) is 16.2. The Morgan fingerprint density at radius 2 is 2.07 bits per heavy atom. The maximum absolute atomic E-state index is 12.8. The molecule has 2 aromatic rings. The van der Waals surface area contributed by atoms with Gasteiger partial charge in [0.2, 0.25) is 5.91 Å². The largest absolute Gasteiger partial charge is 0.496 e. The van der Waals surface area contributed by atoms with Crippen LogP contribution in [0.2, 0.25) is 5.15 Å². The van der Waals surface area contributed by atoms with Gasteiger partial charge in [0.1, 0.15) is 17.3 Å². The van der Waals surface area contributed by atoms with Gasteiger partial charge in [-0.15, -0.1) is 0 Å². The van der Waals surface area contributed by atoms with Crippen molar-refractivity contribution in [1.29, 1.82) is 0 Å². The van der Waals surface area contributed by atoms with Gasteiger partial charge in [-0.25, -0.2) is 4.98 Å². The molecule has 1 amide bonds. The number of aryl methyl sites for hydroxylation is 1. The van der Waals surface area contributed by atoms with Crippen LogP contribution in [0, 0.1) is 13.8 Å². The van der Waals surface area contributed by atoms with E-state index in [0.29, 0.717) is 18.1 Å². The minimum absolute atomic E-state index is 0.0392. The van der Waals surface area contributed by atoms with E-state index in [0.717, 1.165) is 28.3 Å². The normalized spacial score (nSPS) is 14.0. The molecule has 2 aromatic heterocycles. The van der Waals surface area contributed by atoms with E-state index in [1.54, 1.807) is 24.3 Å². The Balaban J connectivity index is 2.08. The van der Waals surface area contributed by atoms with E-state index in [1.807, 2.05) is 32.6 Å². The number of nitrogen functional groups attached to an aromatic ring is 1. The van der Waals surface area contributed by atoms with Crippen molar-refractivity contribution in [3.8, 4) is 5.75 Å². The lowest BCUT2D eigenvalue weighted by atomic mass is 10.1. The molecule has 2 N–H and O–H groups in total. The summed E-state index contributed by atoms with van der Waals surface area (Å²) in [7, 11) is 1.64. The Labute approximate surface area is 164 Å². The Kier molecular flexibility index (Phi) is 5.15. The van der Waals surface area contributed by atoms with Crippen LogP contribution in [0.1, 0.15) is 30.7 Å². The number of nitrogens with two attached hydrogens (primary N) is 1. The SMILES string of the molecule is COc1c(C)cnc(CN2CC(=O)N(C(C)C)c3c2cc(N)nc3Cl)c1C. The minimum atomic E-state index is -0.0411. The van der Waals surface area contributed by atoms with Crippen molar-refractivity contribution in [2.24, 2.45) is 0 Å². The van der Waals surface area contributed by atoms with Crippen molar-refractivity contribution < 1.29 is 9.53 Å². The highest BCUT2D eigenvalue weighted by atomic mass is 35.5. The number of nitrogens with zero attached hydrogens (tertiary/aromatic N) is 4. The fourth-order valence-electron chi connectivity index (χ4n) is 3.52. The highest BCUT2D eigenvalue weighted by Crippen LogP contribution is 2.41. The number of anilines is 3. The first kappa shape index (κ1) is 19.2. The first-order valence-corrected chi connectivity index (χ1v) is 9.14. The van der Waals surface area contributed by atoms with Crippen molar-refractivity contribution in [1.82, 2.24) is 9.97 Å². The van der Waals surface area contributed by atoms with Crippen LogP contribution in [0.15, 0.2) is 12.3 Å². The topological polar surface area (TPSA) is 84.6 Å². The fourth-order valence-corrected chi connectivity index (χ4v) is 3.81. The van der Waals surface area contributed by atoms with Crippen LogP contribution in [0.25, 0.3) is 0 Å². The lowest BCUT2D eigenvalue weighted by Gasteiger charge is -2.39. The molecule has 1 aliphatic heterocycles. The third-order valence-corrected chi connectivity index (χ3v) is 5.00. The second kappa shape index (κ2) is 7.23. The second-order valence-electron chi connectivity index (χ2n) is 6.97. The number of hydrogen-bond acceptors (Lipinski definition) is 6. The third-order valence-electron chi connectivity index (χ3n) is 4.73. The number of ether oxygens (including phenoxy) is 1. The van der Waals surface area contributed by atoms with E-state index >= 15 is 0 Å². The molecule has 0 unspecified atom stereocenters. The molecule has 8 heteroatoms. The third kappa shape index (κ3) is 3.39. The van der Waals surface area contributed by atoms with Crippen LogP contribution in [-0.4, -0.2) is 35.6 Å². The van der Waals surface area contributed by atoms with Crippen molar-refractivity contribution in [2.75, 3.05) is 29.2 Å². The lowest BCUT2D eigenvalue weighted by Crippen LogP contribution is -2.49. The maximum atomic E-state index is 12.8. The standard InChI is InChI=1S/C19H24ClN5O2/c1-10(2)25-16(26)9-24(14-6-15(21)23-19(20)17(14)25)8-13-12(4)18(27-5)11(3)7-22-13/h6-7,10H,8-9H2,1-5H3,(H2,21,23). The molecular weight excluding hydrogens is 366 g/mol. The maximum Gasteiger partial charge on any atom is 0.246 e. The zero-order chi connectivity index (χ0) is 19.9. The molecule has 1 aliphatic rings. The Bertz CT molecular complexity index is 900. The number of fused-ring (bicyclic) bond motifs is 1. The highest BCUT2D eigenvalue weighted by molar-refractivity contribution is 6.34. The molecular formula is C19H24ClN5O2. The molecule has 0 spiro atoms. The molecule has 0 atom stereocenters. The van der Waals surface area contributed by atoms with Crippen LogP contribution < -0.4 is 20.3 Å². The Hall–Kier alpha value is -2.54. The van der Waals surface area contributed by atoms with Gasteiger partial charge in [-0.2, -0.15) is 0 Å². The van der Waals surface area contributed by atoms with Crippen molar-refractivity contribution in [3.63, 3.8) is 0 Å². The second-order valence-corrected chi connectivity index (χ2v) is 7.32. The molecule has 0 saturated carbocycles. The van der Waals surface area contributed by atoms with Crippen LogP contribution in [0.3, 0.4) is 0 Å². The number of halogens is 1. The molecule has 0 fully saturated rings. The summed E-state index contributed by atoms with van der Waals surface area (Å²) < 4.78 is 5.50. The molecule has 0 radical (unpaired) electrons. The monoisotopic (exact) mass is 389 g/mol. The average Bonchev–Trinajstić information content (AvgIpc) is 2.58. The highest BCUT2D eigenvalue weighted by Gasteiger charge is 2.34. The summed E-state index contributed by atoms with van der Waals surface area (Å²) >= 11 is 6.37. The van der Waals surface area contributed by atoms with Crippen LogP contribution in [0.4, 0.5) is 17.2 Å². The van der Waals surface area contributed by atoms with Crippen molar-refractivity contribution >= 4 is 34.7 Å². The quantitative estimate of drug-likeness (QED) is 0.809. The van der Waals surface area contributed by atoms with E-state index < -0.39 is 0 Å². The summed E-state index contributed by atoms with van der Waals surface area (Å²) in [6, 6.07) is 1.71. The van der Waals surface area contributed by atoms with E-state index in [9.17, 15) is 4.79 Å². The van der Waals surface area contributed by atoms with Crippen molar-refractivity contribution in [2.45, 2.75) is 40.3 Å². The molecule has 3 heterocycles. The van der Waals surface area contributed by atoms with Gasteiger partial charge in [0.25, 0.3) is 0 Å². The Morgan fingerprint density at radius 1 is 1.37 bits per heavy atom. The van der Waals surface area contributed by atoms with E-state index in [4.69, 9.17) is 22.1 Å². The van der Waals surface area contributed by atoms with Gasteiger partial charge in [-0.05, 0) is 27.7 Å². The van der Waals surface area contributed by atoms with Gasteiger partial charge in [-0.1, -0.05) is 11.6 Å². The number of carbonyl (C=O) groups excluding carboxylic acids is 1. The molecule has 0 aliphatic carbocycles. The number of pyridine rings is 2.